The normalized spacial score (nSPS) is 10.5. The fraction of sp³-hybridized carbons (Fsp3) is 0.154. The number of aromatic nitrogens is 5. The highest BCUT2D eigenvalue weighted by Crippen LogP contribution is 2.13. The lowest BCUT2D eigenvalue weighted by Gasteiger charge is -2.00. The van der Waals surface area contributed by atoms with Crippen LogP contribution < -0.4 is 5.32 Å². The van der Waals surface area contributed by atoms with Crippen LogP contribution >= 0.6 is 0 Å². The molecular formula is C13H12N6O2. The Morgan fingerprint density at radius 1 is 1.38 bits per heavy atom. The Balaban J connectivity index is 1.64. The number of hydrogen-bond acceptors (Lipinski definition) is 6. The van der Waals surface area contributed by atoms with Crippen molar-refractivity contribution in [2.45, 2.75) is 6.54 Å². The summed E-state index contributed by atoms with van der Waals surface area (Å²) in [5, 5.41) is 10.6. The van der Waals surface area contributed by atoms with E-state index >= 15 is 0 Å². The number of aryl methyl sites for hydroxylation is 1. The summed E-state index contributed by atoms with van der Waals surface area (Å²) in [5.74, 6) is 0.547. The molecule has 1 N–H and O–H groups in total. The molecule has 0 aliphatic rings. The molecule has 0 aliphatic heterocycles. The Hall–Kier alpha value is -3.03. The van der Waals surface area contributed by atoms with Crippen molar-refractivity contribution in [3.8, 4) is 11.4 Å². The van der Waals surface area contributed by atoms with Crippen molar-refractivity contribution in [3.63, 3.8) is 0 Å². The molecule has 3 aromatic rings. The highest BCUT2D eigenvalue weighted by atomic mass is 16.5. The van der Waals surface area contributed by atoms with E-state index in [2.05, 4.69) is 25.5 Å². The van der Waals surface area contributed by atoms with Crippen LogP contribution in [0.4, 0.5) is 0 Å². The lowest BCUT2D eigenvalue weighted by molar-refractivity contribution is 0.0946. The Kier molecular flexibility index (Phi) is 3.42. The van der Waals surface area contributed by atoms with Gasteiger partial charge >= 0.3 is 0 Å². The lowest BCUT2D eigenvalue weighted by Crippen LogP contribution is -2.22. The summed E-state index contributed by atoms with van der Waals surface area (Å²) < 4.78 is 6.74. The number of hydrogen-bond donors (Lipinski definition) is 1. The van der Waals surface area contributed by atoms with Crippen molar-refractivity contribution in [2.75, 3.05) is 0 Å². The summed E-state index contributed by atoms with van der Waals surface area (Å²) in [7, 11) is 1.80. The van der Waals surface area contributed by atoms with Crippen molar-refractivity contribution in [2.24, 2.45) is 7.05 Å². The number of rotatable bonds is 4. The van der Waals surface area contributed by atoms with Crippen LogP contribution in [0.25, 0.3) is 11.4 Å². The minimum atomic E-state index is -0.224. The van der Waals surface area contributed by atoms with Crippen LogP contribution in [-0.4, -0.2) is 30.8 Å². The monoisotopic (exact) mass is 284 g/mol. The topological polar surface area (TPSA) is 98.7 Å². The summed E-state index contributed by atoms with van der Waals surface area (Å²) >= 11 is 0. The van der Waals surface area contributed by atoms with E-state index in [0.29, 0.717) is 17.3 Å². The fourth-order valence-corrected chi connectivity index (χ4v) is 1.74. The van der Waals surface area contributed by atoms with E-state index in [-0.39, 0.29) is 12.5 Å². The fourth-order valence-electron chi connectivity index (χ4n) is 1.74. The molecule has 3 rings (SSSR count). The molecule has 0 saturated carbocycles. The average Bonchev–Trinajstić information content (AvgIpc) is 3.14. The maximum absolute atomic E-state index is 11.9. The quantitative estimate of drug-likeness (QED) is 0.760. The first kappa shape index (κ1) is 13.0. The van der Waals surface area contributed by atoms with Crippen LogP contribution in [0.1, 0.15) is 16.2 Å². The van der Waals surface area contributed by atoms with Gasteiger partial charge in [-0.05, 0) is 12.1 Å². The first-order valence-corrected chi connectivity index (χ1v) is 6.22. The van der Waals surface area contributed by atoms with Gasteiger partial charge < -0.3 is 9.84 Å². The molecule has 0 fully saturated rings. The van der Waals surface area contributed by atoms with E-state index in [4.69, 9.17) is 4.52 Å². The molecule has 3 aromatic heterocycles. The zero-order chi connectivity index (χ0) is 14.7. The third-order valence-corrected chi connectivity index (χ3v) is 2.77. The molecule has 1 amide bonds. The number of carbonyl (C=O) groups excluding carboxylic acids is 1. The summed E-state index contributed by atoms with van der Waals surface area (Å²) in [6, 6.07) is 3.26. The maximum Gasteiger partial charge on any atom is 0.251 e. The van der Waals surface area contributed by atoms with E-state index in [1.54, 1.807) is 48.6 Å². The maximum atomic E-state index is 11.9. The van der Waals surface area contributed by atoms with Gasteiger partial charge in [0, 0.05) is 31.2 Å². The highest BCUT2D eigenvalue weighted by Gasteiger charge is 2.11. The molecule has 8 nitrogen and oxygen atoms in total. The van der Waals surface area contributed by atoms with Gasteiger partial charge in [0.2, 0.25) is 11.7 Å². The zero-order valence-corrected chi connectivity index (χ0v) is 11.2. The standard InChI is InChI=1S/C13H12N6O2/c1-19-8-10(6-16-19)12-17-11(21-18-12)7-15-13(20)9-2-4-14-5-3-9/h2-6,8H,7H2,1H3,(H,15,20). The molecule has 8 heteroatoms. The molecule has 0 aliphatic carbocycles. The van der Waals surface area contributed by atoms with Crippen molar-refractivity contribution >= 4 is 5.91 Å². The van der Waals surface area contributed by atoms with E-state index in [9.17, 15) is 4.79 Å². The number of carbonyl (C=O) groups is 1. The molecule has 0 radical (unpaired) electrons. The lowest BCUT2D eigenvalue weighted by atomic mass is 10.2. The van der Waals surface area contributed by atoms with Gasteiger partial charge in [0.1, 0.15) is 0 Å². The minimum absolute atomic E-state index is 0.161. The largest absolute Gasteiger partial charge is 0.343 e. The zero-order valence-electron chi connectivity index (χ0n) is 11.2. The molecule has 0 saturated heterocycles. The van der Waals surface area contributed by atoms with Gasteiger partial charge in [-0.2, -0.15) is 10.1 Å². The van der Waals surface area contributed by atoms with Crippen molar-refractivity contribution in [3.05, 3.63) is 48.4 Å². The molecular weight excluding hydrogens is 272 g/mol. The van der Waals surface area contributed by atoms with Crippen LogP contribution in [0.3, 0.4) is 0 Å². The molecule has 0 atom stereocenters. The predicted octanol–water partition coefficient (Wildman–Crippen LogP) is 0.795. The number of nitrogens with one attached hydrogen (secondary N) is 1. The van der Waals surface area contributed by atoms with Crippen molar-refractivity contribution in [1.82, 2.24) is 30.2 Å². The predicted molar refractivity (Wildman–Crippen MR) is 71.9 cm³/mol. The van der Waals surface area contributed by atoms with Gasteiger partial charge in [-0.15, -0.1) is 0 Å². The van der Waals surface area contributed by atoms with Crippen LogP contribution in [0, 0.1) is 0 Å². The molecule has 21 heavy (non-hydrogen) atoms. The first-order valence-electron chi connectivity index (χ1n) is 6.22. The van der Waals surface area contributed by atoms with Gasteiger partial charge in [0.05, 0.1) is 18.3 Å². The SMILES string of the molecule is Cn1cc(-c2noc(CNC(=O)c3ccncc3)n2)cn1. The summed E-state index contributed by atoms with van der Waals surface area (Å²) in [4.78, 5) is 19.9. The molecule has 0 aromatic carbocycles. The second-order valence-electron chi connectivity index (χ2n) is 4.33. The molecule has 0 bridgehead atoms. The smallest absolute Gasteiger partial charge is 0.251 e. The van der Waals surface area contributed by atoms with Crippen LogP contribution in [0.2, 0.25) is 0 Å². The van der Waals surface area contributed by atoms with Crippen molar-refractivity contribution < 1.29 is 9.32 Å². The van der Waals surface area contributed by atoms with E-state index < -0.39 is 0 Å². The van der Waals surface area contributed by atoms with Crippen molar-refractivity contribution in [1.29, 1.82) is 0 Å². The summed E-state index contributed by atoms with van der Waals surface area (Å²) in [5.41, 5.74) is 1.28. The Morgan fingerprint density at radius 3 is 2.90 bits per heavy atom. The number of nitrogens with zero attached hydrogens (tertiary/aromatic N) is 5. The average molecular weight is 284 g/mol. The van der Waals surface area contributed by atoms with E-state index in [1.165, 1.54) is 0 Å². The highest BCUT2D eigenvalue weighted by molar-refractivity contribution is 5.93. The number of amides is 1. The Bertz CT molecular complexity index is 749. The molecule has 0 spiro atoms. The van der Waals surface area contributed by atoms with Gasteiger partial charge in [-0.1, -0.05) is 5.16 Å². The minimum Gasteiger partial charge on any atom is -0.343 e. The summed E-state index contributed by atoms with van der Waals surface area (Å²) in [6.45, 7) is 0.161. The van der Waals surface area contributed by atoms with Gasteiger partial charge in [-0.3, -0.25) is 14.5 Å². The second-order valence-corrected chi connectivity index (χ2v) is 4.33. The Morgan fingerprint density at radius 2 is 2.19 bits per heavy atom. The third-order valence-electron chi connectivity index (χ3n) is 2.77. The van der Waals surface area contributed by atoms with Crippen LogP contribution in [0.15, 0.2) is 41.4 Å². The van der Waals surface area contributed by atoms with Crippen LogP contribution in [0.5, 0.6) is 0 Å². The molecule has 3 heterocycles. The van der Waals surface area contributed by atoms with Crippen LogP contribution in [-0.2, 0) is 13.6 Å². The molecule has 0 unspecified atom stereocenters. The summed E-state index contributed by atoms with van der Waals surface area (Å²) in [6.07, 6.45) is 6.54. The number of pyridine rings is 1. The van der Waals surface area contributed by atoms with Gasteiger partial charge in [0.15, 0.2) is 0 Å². The second kappa shape index (κ2) is 5.53. The molecule has 106 valence electrons. The third kappa shape index (κ3) is 2.94. The van der Waals surface area contributed by atoms with Gasteiger partial charge in [0.25, 0.3) is 5.91 Å². The first-order chi connectivity index (χ1) is 10.2. The Labute approximate surface area is 119 Å². The van der Waals surface area contributed by atoms with E-state index in [0.717, 1.165) is 5.56 Å². The van der Waals surface area contributed by atoms with Gasteiger partial charge in [-0.25, -0.2) is 0 Å². The van der Waals surface area contributed by atoms with E-state index in [1.807, 2.05) is 0 Å².